The average molecular weight is 407 g/mol. The topological polar surface area (TPSA) is 85.1 Å². The van der Waals surface area contributed by atoms with Gasteiger partial charge in [0.2, 0.25) is 0 Å². The molecule has 0 radical (unpaired) electrons. The number of phenols is 1. The number of rotatable bonds is 4. The number of aromatic hydroxyl groups is 1. The van der Waals surface area contributed by atoms with Crippen LogP contribution in [0.4, 0.5) is 4.39 Å². The van der Waals surface area contributed by atoms with Crippen molar-refractivity contribution in [3.05, 3.63) is 60.3 Å². The van der Waals surface area contributed by atoms with Crippen LogP contribution in [0, 0.1) is 0 Å². The Labute approximate surface area is 173 Å². The van der Waals surface area contributed by atoms with Crippen molar-refractivity contribution in [2.75, 3.05) is 7.11 Å². The van der Waals surface area contributed by atoms with Crippen LogP contribution in [0.5, 0.6) is 5.75 Å². The van der Waals surface area contributed by atoms with Crippen molar-refractivity contribution < 1.29 is 14.2 Å². The lowest BCUT2D eigenvalue weighted by Gasteiger charge is -2.28. The molecule has 1 aromatic carbocycles. The highest BCUT2D eigenvalue weighted by atomic mass is 19.1. The van der Waals surface area contributed by atoms with Gasteiger partial charge in [-0.15, -0.1) is 5.10 Å². The van der Waals surface area contributed by atoms with Crippen LogP contribution in [-0.4, -0.2) is 56.3 Å². The predicted molar refractivity (Wildman–Crippen MR) is 110 cm³/mol. The molecule has 0 spiro atoms. The number of nitrogens with one attached hydrogen (secondary N) is 1. The zero-order chi connectivity index (χ0) is 20.7. The maximum atomic E-state index is 14.8. The van der Waals surface area contributed by atoms with Crippen LogP contribution in [-0.2, 0) is 4.74 Å². The minimum absolute atomic E-state index is 0.0425. The van der Waals surface area contributed by atoms with Crippen molar-refractivity contribution in [1.82, 2.24) is 25.1 Å². The Balaban J connectivity index is 1.37. The Morgan fingerprint density at radius 2 is 2.13 bits per heavy atom. The molecule has 0 amide bonds. The fourth-order valence-corrected chi connectivity index (χ4v) is 4.35. The van der Waals surface area contributed by atoms with Crippen LogP contribution in [0.25, 0.3) is 23.0 Å². The van der Waals surface area contributed by atoms with Crippen molar-refractivity contribution >= 4 is 6.08 Å². The fraction of sp³-hybridized carbons (Fsp3) is 0.318. The van der Waals surface area contributed by atoms with Crippen LogP contribution in [0.15, 0.2) is 54.6 Å². The number of alkyl halides is 1. The summed E-state index contributed by atoms with van der Waals surface area (Å²) in [5, 5.41) is 22.2. The summed E-state index contributed by atoms with van der Waals surface area (Å²) in [6.07, 6.45) is 7.18. The number of halogens is 1. The number of phenolic OH excluding ortho intramolecular Hbond substituents is 1. The molecule has 4 atom stereocenters. The molecule has 30 heavy (non-hydrogen) atoms. The lowest BCUT2D eigenvalue weighted by molar-refractivity contribution is 0.0927. The minimum atomic E-state index is -1.05. The predicted octanol–water partition coefficient (Wildman–Crippen LogP) is 2.91. The average Bonchev–Trinajstić information content (AvgIpc) is 3.41. The van der Waals surface area contributed by atoms with Gasteiger partial charge in [0.15, 0.2) is 0 Å². The smallest absolute Gasteiger partial charge is 0.137 e. The molecule has 2 aliphatic rings. The van der Waals surface area contributed by atoms with E-state index in [1.807, 2.05) is 6.07 Å². The zero-order valence-electron chi connectivity index (χ0n) is 16.4. The van der Waals surface area contributed by atoms with Crippen LogP contribution in [0.2, 0.25) is 0 Å². The van der Waals surface area contributed by atoms with Crippen molar-refractivity contribution in [3.8, 4) is 22.7 Å². The summed E-state index contributed by atoms with van der Waals surface area (Å²) >= 11 is 0. The highest BCUT2D eigenvalue weighted by Gasteiger charge is 2.44. The Kier molecular flexibility index (Phi) is 4.80. The molecule has 2 N–H and O–H groups in total. The lowest BCUT2D eigenvalue weighted by atomic mass is 9.96. The van der Waals surface area contributed by atoms with Crippen LogP contribution in [0.1, 0.15) is 18.5 Å². The van der Waals surface area contributed by atoms with E-state index in [0.717, 1.165) is 11.3 Å². The van der Waals surface area contributed by atoms with Crippen LogP contribution >= 0.6 is 0 Å². The minimum Gasteiger partial charge on any atom is -0.507 e. The Bertz CT molecular complexity index is 1070. The number of fused-ring (bicyclic) bond motifs is 2. The number of nitrogens with zero attached hydrogens (tertiary/aromatic N) is 4. The largest absolute Gasteiger partial charge is 0.507 e. The first kappa shape index (κ1) is 18.9. The summed E-state index contributed by atoms with van der Waals surface area (Å²) in [6, 6.07) is 8.82. The summed E-state index contributed by atoms with van der Waals surface area (Å²) < 4.78 is 22.1. The molecule has 7 nitrogen and oxygen atoms in total. The molecule has 154 valence electrons. The first-order chi connectivity index (χ1) is 14.6. The highest BCUT2D eigenvalue weighted by molar-refractivity contribution is 5.69. The van der Waals surface area contributed by atoms with E-state index in [0.29, 0.717) is 29.8 Å². The molecule has 3 aromatic rings. The number of methoxy groups -OCH3 is 1. The van der Waals surface area contributed by atoms with E-state index in [1.54, 1.807) is 60.7 Å². The van der Waals surface area contributed by atoms with E-state index in [1.165, 1.54) is 0 Å². The van der Waals surface area contributed by atoms with E-state index >= 15 is 0 Å². The third kappa shape index (κ3) is 3.38. The maximum Gasteiger partial charge on any atom is 0.137 e. The molecular weight excluding hydrogens is 385 g/mol. The van der Waals surface area contributed by atoms with E-state index in [9.17, 15) is 9.50 Å². The van der Waals surface area contributed by atoms with Gasteiger partial charge in [0.1, 0.15) is 11.9 Å². The molecular formula is C22H22FN5O2. The first-order valence-corrected chi connectivity index (χ1v) is 9.91. The molecule has 2 bridgehead atoms. The third-order valence-corrected chi connectivity index (χ3v) is 5.91. The maximum absolute atomic E-state index is 14.8. The number of benzene rings is 1. The number of ether oxygens (including phenoxy) is 1. The Morgan fingerprint density at radius 3 is 2.83 bits per heavy atom. The van der Waals surface area contributed by atoms with E-state index in [2.05, 4.69) is 20.5 Å². The van der Waals surface area contributed by atoms with Crippen LogP contribution in [0.3, 0.4) is 0 Å². The van der Waals surface area contributed by atoms with Crippen molar-refractivity contribution in [3.63, 3.8) is 0 Å². The number of imidazole rings is 1. The highest BCUT2D eigenvalue weighted by Crippen LogP contribution is 2.35. The molecule has 5 rings (SSSR count). The lowest BCUT2D eigenvalue weighted by Crippen LogP contribution is -2.44. The third-order valence-electron chi connectivity index (χ3n) is 5.91. The standard InChI is InChI=1S/C22H22FN5O2/c1-30-21-11-19-22(23)13(9-18(21)25-19)8-14-2-5-17(27-26-14)16-4-3-15(10-20(16)29)28-7-6-24-12-28/h2-8,10,12,18-19,21-22,25,29H,9,11H2,1H3/b13-8+/t18?,19?,21-,22+/m1/s1. The summed E-state index contributed by atoms with van der Waals surface area (Å²) in [6.45, 7) is 0. The second-order valence-electron chi connectivity index (χ2n) is 7.73. The Morgan fingerprint density at radius 1 is 1.23 bits per heavy atom. The van der Waals surface area contributed by atoms with Gasteiger partial charge >= 0.3 is 0 Å². The molecule has 0 aliphatic carbocycles. The van der Waals surface area contributed by atoms with Crippen LogP contribution < -0.4 is 5.32 Å². The number of hydrogen-bond donors (Lipinski definition) is 2. The number of hydrogen-bond acceptors (Lipinski definition) is 6. The second-order valence-corrected chi connectivity index (χ2v) is 7.73. The summed E-state index contributed by atoms with van der Waals surface area (Å²) in [5.74, 6) is 0.103. The monoisotopic (exact) mass is 407 g/mol. The van der Waals surface area contributed by atoms with E-state index in [4.69, 9.17) is 4.74 Å². The molecule has 8 heteroatoms. The second kappa shape index (κ2) is 7.62. The molecule has 2 unspecified atom stereocenters. The molecule has 2 aliphatic heterocycles. The van der Waals surface area contributed by atoms with Gasteiger partial charge in [0.05, 0.1) is 29.5 Å². The molecule has 4 heterocycles. The normalized spacial score (nSPS) is 26.9. The van der Waals surface area contributed by atoms with Crippen molar-refractivity contribution in [2.24, 2.45) is 0 Å². The first-order valence-electron chi connectivity index (χ1n) is 9.91. The van der Waals surface area contributed by atoms with Crippen molar-refractivity contribution in [1.29, 1.82) is 0 Å². The van der Waals surface area contributed by atoms with Gasteiger partial charge in [-0.05, 0) is 48.8 Å². The van der Waals surface area contributed by atoms with E-state index in [-0.39, 0.29) is 23.9 Å². The van der Waals surface area contributed by atoms with Gasteiger partial charge in [-0.1, -0.05) is 0 Å². The van der Waals surface area contributed by atoms with E-state index < -0.39 is 6.17 Å². The van der Waals surface area contributed by atoms with Crippen molar-refractivity contribution in [2.45, 2.75) is 37.2 Å². The van der Waals surface area contributed by atoms with Gasteiger partial charge in [0, 0.05) is 43.2 Å². The van der Waals surface area contributed by atoms with Gasteiger partial charge in [-0.25, -0.2) is 9.37 Å². The number of aromatic nitrogens is 4. The summed E-state index contributed by atoms with van der Waals surface area (Å²) in [4.78, 5) is 4.01. The quantitative estimate of drug-likeness (QED) is 0.692. The van der Waals surface area contributed by atoms with Gasteiger partial charge in [-0.2, -0.15) is 5.10 Å². The molecule has 2 fully saturated rings. The molecule has 2 aromatic heterocycles. The fourth-order valence-electron chi connectivity index (χ4n) is 4.35. The number of piperidine rings is 1. The molecule has 0 saturated carbocycles. The summed E-state index contributed by atoms with van der Waals surface area (Å²) in [7, 11) is 1.67. The van der Waals surface area contributed by atoms with Gasteiger partial charge in [-0.3, -0.25) is 0 Å². The zero-order valence-corrected chi connectivity index (χ0v) is 16.4. The molecule has 2 saturated heterocycles. The van der Waals surface area contributed by atoms with Gasteiger partial charge in [0.25, 0.3) is 0 Å². The SMILES string of the molecule is CO[C@@H]1CC2NC1C/C(=C\c1ccc(-c3ccc(-n4ccnc4)cc3O)nn1)[C@@H]2F. The summed E-state index contributed by atoms with van der Waals surface area (Å²) in [5.41, 5.74) is 3.25. The van der Waals surface area contributed by atoms with Gasteiger partial charge < -0.3 is 19.7 Å². The Hall–Kier alpha value is -3.10.